The molecular weight excluding hydrogens is 250 g/mol. The average molecular weight is 276 g/mol. The molecule has 1 saturated carbocycles. The number of likely N-dealkylation sites (tertiary alicyclic amines) is 1. The summed E-state index contributed by atoms with van der Waals surface area (Å²) in [5, 5.41) is 3.18. The Balaban J connectivity index is 0.00000162. The number of nitrogens with one attached hydrogen (secondary N) is 1. The molecule has 18 heavy (non-hydrogen) atoms. The van der Waals surface area contributed by atoms with Gasteiger partial charge < -0.3 is 11.1 Å². The lowest BCUT2D eigenvalue weighted by atomic mass is 10.1. The maximum Gasteiger partial charge on any atom is 0.234 e. The smallest absolute Gasteiger partial charge is 0.234 e. The van der Waals surface area contributed by atoms with Gasteiger partial charge in [-0.2, -0.15) is 0 Å². The topological polar surface area (TPSA) is 58.4 Å². The molecule has 1 atom stereocenters. The summed E-state index contributed by atoms with van der Waals surface area (Å²) < 4.78 is 0. The van der Waals surface area contributed by atoms with Crippen molar-refractivity contribution in [1.82, 2.24) is 10.2 Å². The number of halogens is 1. The summed E-state index contributed by atoms with van der Waals surface area (Å²) in [5.41, 5.74) is 5.83. The Labute approximate surface area is 116 Å². The van der Waals surface area contributed by atoms with E-state index >= 15 is 0 Å². The predicted molar refractivity (Wildman–Crippen MR) is 75.9 cm³/mol. The molecule has 2 rings (SSSR count). The zero-order valence-corrected chi connectivity index (χ0v) is 11.9. The molecule has 3 N–H and O–H groups in total. The second-order valence-corrected chi connectivity index (χ2v) is 5.54. The van der Waals surface area contributed by atoms with E-state index < -0.39 is 0 Å². The number of nitrogens with two attached hydrogens (primary N) is 1. The van der Waals surface area contributed by atoms with Gasteiger partial charge in [0.2, 0.25) is 5.91 Å². The van der Waals surface area contributed by atoms with Crippen molar-refractivity contribution in [3.8, 4) is 0 Å². The van der Waals surface area contributed by atoms with Crippen molar-refractivity contribution in [3.05, 3.63) is 0 Å². The summed E-state index contributed by atoms with van der Waals surface area (Å²) >= 11 is 0. The zero-order chi connectivity index (χ0) is 12.1. The van der Waals surface area contributed by atoms with E-state index in [-0.39, 0.29) is 24.4 Å². The fourth-order valence-electron chi connectivity index (χ4n) is 2.91. The molecule has 5 heteroatoms. The monoisotopic (exact) mass is 275 g/mol. The fraction of sp³-hybridized carbons (Fsp3) is 0.923. The van der Waals surface area contributed by atoms with Crippen LogP contribution < -0.4 is 11.1 Å². The number of hydrogen-bond acceptors (Lipinski definition) is 3. The van der Waals surface area contributed by atoms with Crippen molar-refractivity contribution in [2.24, 2.45) is 5.73 Å². The number of hydrogen-bond donors (Lipinski definition) is 2. The van der Waals surface area contributed by atoms with Crippen LogP contribution in [-0.4, -0.2) is 42.5 Å². The van der Waals surface area contributed by atoms with Crippen molar-refractivity contribution >= 4 is 18.3 Å². The Morgan fingerprint density at radius 3 is 2.39 bits per heavy atom. The van der Waals surface area contributed by atoms with E-state index in [0.29, 0.717) is 12.6 Å². The molecule has 0 aromatic heterocycles. The van der Waals surface area contributed by atoms with E-state index in [1.165, 1.54) is 25.7 Å². The quantitative estimate of drug-likeness (QED) is 0.763. The normalized spacial score (nSPS) is 26.4. The van der Waals surface area contributed by atoms with Crippen LogP contribution in [0.4, 0.5) is 0 Å². The van der Waals surface area contributed by atoms with E-state index in [9.17, 15) is 4.79 Å². The molecular formula is C13H26ClN3O. The van der Waals surface area contributed by atoms with Gasteiger partial charge in [-0.15, -0.1) is 12.4 Å². The van der Waals surface area contributed by atoms with Gasteiger partial charge in [0, 0.05) is 25.2 Å². The first-order valence-electron chi connectivity index (χ1n) is 7.01. The highest BCUT2D eigenvalue weighted by Crippen LogP contribution is 2.17. The third kappa shape index (κ3) is 5.12. The van der Waals surface area contributed by atoms with Crippen molar-refractivity contribution in [2.45, 2.75) is 57.0 Å². The number of nitrogens with zero attached hydrogens (tertiary/aromatic N) is 1. The third-order valence-electron chi connectivity index (χ3n) is 3.90. The summed E-state index contributed by atoms with van der Waals surface area (Å²) in [4.78, 5) is 14.1. The average Bonchev–Trinajstić information content (AvgIpc) is 2.53. The van der Waals surface area contributed by atoms with E-state index in [0.717, 1.165) is 32.4 Å². The van der Waals surface area contributed by atoms with Crippen LogP contribution in [-0.2, 0) is 4.79 Å². The molecule has 1 aliphatic carbocycles. The molecule has 0 aromatic rings. The van der Waals surface area contributed by atoms with Gasteiger partial charge in [-0.25, -0.2) is 0 Å². The Morgan fingerprint density at radius 1 is 1.17 bits per heavy atom. The van der Waals surface area contributed by atoms with Crippen LogP contribution in [0.1, 0.15) is 44.9 Å². The standard InChI is InChI=1S/C13H25N3O.ClH/c14-11-7-8-16(9-11)10-13(17)15-12-5-3-1-2-4-6-12;/h11-12H,1-10,14H2,(H,15,17);1H/t11-;/m1./s1. The van der Waals surface area contributed by atoms with Gasteiger partial charge in [-0.05, 0) is 19.3 Å². The van der Waals surface area contributed by atoms with E-state index in [1.54, 1.807) is 0 Å². The maximum atomic E-state index is 11.9. The first kappa shape index (κ1) is 15.7. The molecule has 0 radical (unpaired) electrons. The van der Waals surface area contributed by atoms with Crippen molar-refractivity contribution < 1.29 is 4.79 Å². The van der Waals surface area contributed by atoms with Crippen LogP contribution in [0.3, 0.4) is 0 Å². The maximum absolute atomic E-state index is 11.9. The summed E-state index contributed by atoms with van der Waals surface area (Å²) in [7, 11) is 0. The lowest BCUT2D eigenvalue weighted by molar-refractivity contribution is -0.122. The Kier molecular flexibility index (Phi) is 6.97. The highest BCUT2D eigenvalue weighted by Gasteiger charge is 2.22. The molecule has 2 aliphatic rings. The van der Waals surface area contributed by atoms with Gasteiger partial charge in [0.05, 0.1) is 6.54 Å². The summed E-state index contributed by atoms with van der Waals surface area (Å²) in [6.07, 6.45) is 8.52. The van der Waals surface area contributed by atoms with E-state index in [2.05, 4.69) is 10.2 Å². The SMILES string of the molecule is Cl.N[C@@H]1CCN(CC(=O)NC2CCCCCC2)C1. The van der Waals surface area contributed by atoms with Gasteiger partial charge in [0.25, 0.3) is 0 Å². The first-order chi connectivity index (χ1) is 8.24. The van der Waals surface area contributed by atoms with Crippen LogP contribution in [0.5, 0.6) is 0 Å². The van der Waals surface area contributed by atoms with Crippen molar-refractivity contribution in [1.29, 1.82) is 0 Å². The van der Waals surface area contributed by atoms with E-state index in [1.807, 2.05) is 0 Å². The molecule has 106 valence electrons. The lowest BCUT2D eigenvalue weighted by Crippen LogP contribution is -2.41. The number of rotatable bonds is 3. The molecule has 1 saturated heterocycles. The van der Waals surface area contributed by atoms with Crippen LogP contribution in [0.25, 0.3) is 0 Å². The number of carbonyl (C=O) groups excluding carboxylic acids is 1. The van der Waals surface area contributed by atoms with Gasteiger partial charge in [-0.3, -0.25) is 9.69 Å². The number of carbonyl (C=O) groups is 1. The lowest BCUT2D eigenvalue weighted by Gasteiger charge is -2.19. The van der Waals surface area contributed by atoms with Crippen LogP contribution >= 0.6 is 12.4 Å². The minimum absolute atomic E-state index is 0. The largest absolute Gasteiger partial charge is 0.352 e. The molecule has 0 unspecified atom stereocenters. The van der Waals surface area contributed by atoms with Gasteiger partial charge in [0.15, 0.2) is 0 Å². The van der Waals surface area contributed by atoms with Gasteiger partial charge >= 0.3 is 0 Å². The van der Waals surface area contributed by atoms with Crippen LogP contribution in [0.2, 0.25) is 0 Å². The second kappa shape index (κ2) is 7.97. The molecule has 1 aliphatic heterocycles. The Morgan fingerprint density at radius 2 is 1.83 bits per heavy atom. The predicted octanol–water partition coefficient (Wildman–Crippen LogP) is 1.28. The molecule has 1 heterocycles. The van der Waals surface area contributed by atoms with Crippen molar-refractivity contribution in [3.63, 3.8) is 0 Å². The minimum atomic E-state index is 0. The molecule has 0 bridgehead atoms. The molecule has 0 spiro atoms. The minimum Gasteiger partial charge on any atom is -0.352 e. The highest BCUT2D eigenvalue weighted by molar-refractivity contribution is 5.85. The Hall–Kier alpha value is -0.320. The fourth-order valence-corrected chi connectivity index (χ4v) is 2.91. The highest BCUT2D eigenvalue weighted by atomic mass is 35.5. The van der Waals surface area contributed by atoms with Crippen molar-refractivity contribution in [2.75, 3.05) is 19.6 Å². The van der Waals surface area contributed by atoms with Crippen LogP contribution in [0, 0.1) is 0 Å². The first-order valence-corrected chi connectivity index (χ1v) is 7.01. The summed E-state index contributed by atoms with van der Waals surface area (Å²) in [6.45, 7) is 2.38. The van der Waals surface area contributed by atoms with Crippen LogP contribution in [0.15, 0.2) is 0 Å². The zero-order valence-electron chi connectivity index (χ0n) is 11.1. The Bertz CT molecular complexity index is 255. The molecule has 2 fully saturated rings. The van der Waals surface area contributed by atoms with Gasteiger partial charge in [-0.1, -0.05) is 25.7 Å². The molecule has 1 amide bonds. The van der Waals surface area contributed by atoms with Gasteiger partial charge in [0.1, 0.15) is 0 Å². The molecule has 4 nitrogen and oxygen atoms in total. The van der Waals surface area contributed by atoms with E-state index in [4.69, 9.17) is 5.73 Å². The molecule has 0 aromatic carbocycles. The summed E-state index contributed by atoms with van der Waals surface area (Å²) in [5.74, 6) is 0.186. The number of amides is 1. The second-order valence-electron chi connectivity index (χ2n) is 5.54. The third-order valence-corrected chi connectivity index (χ3v) is 3.90. The summed E-state index contributed by atoms with van der Waals surface area (Å²) in [6, 6.07) is 0.682.